The van der Waals surface area contributed by atoms with Crippen LogP contribution in [-0.2, 0) is 18.4 Å². The van der Waals surface area contributed by atoms with Crippen LogP contribution in [0.1, 0.15) is 30.7 Å². The molecule has 0 bridgehead atoms. The topological polar surface area (TPSA) is 81.7 Å². The van der Waals surface area contributed by atoms with Crippen LogP contribution in [0.15, 0.2) is 36.5 Å². The van der Waals surface area contributed by atoms with E-state index in [9.17, 15) is 17.6 Å². The van der Waals surface area contributed by atoms with E-state index in [1.165, 1.54) is 22.9 Å². The summed E-state index contributed by atoms with van der Waals surface area (Å²) in [6.07, 6.45) is -3.27. The zero-order chi connectivity index (χ0) is 22.5. The number of halogens is 4. The van der Waals surface area contributed by atoms with E-state index in [-0.39, 0.29) is 35.1 Å². The van der Waals surface area contributed by atoms with Crippen molar-refractivity contribution in [2.45, 2.75) is 38.7 Å². The minimum absolute atomic E-state index is 0.0146. The van der Waals surface area contributed by atoms with Crippen molar-refractivity contribution >= 4 is 11.6 Å². The molecule has 1 aromatic carbocycles. The Morgan fingerprint density at radius 1 is 1.23 bits per heavy atom. The van der Waals surface area contributed by atoms with Gasteiger partial charge in [0.2, 0.25) is 6.43 Å². The van der Waals surface area contributed by atoms with Gasteiger partial charge in [0.1, 0.15) is 17.3 Å². The van der Waals surface area contributed by atoms with E-state index in [1.54, 1.807) is 0 Å². The molecule has 0 atom stereocenters. The van der Waals surface area contributed by atoms with E-state index in [0.29, 0.717) is 17.1 Å². The van der Waals surface area contributed by atoms with E-state index >= 15 is 0 Å². The molecule has 3 aromatic rings. The highest BCUT2D eigenvalue weighted by atomic mass is 19.3. The van der Waals surface area contributed by atoms with E-state index in [0.717, 1.165) is 6.07 Å². The molecule has 0 radical (unpaired) electrons. The second-order valence-corrected chi connectivity index (χ2v) is 7.87. The minimum Gasteiger partial charge on any atom is -0.383 e. The van der Waals surface area contributed by atoms with Crippen LogP contribution in [0.5, 0.6) is 0 Å². The molecule has 3 N–H and O–H groups in total. The lowest BCUT2D eigenvalue weighted by molar-refractivity contribution is 0.146. The molecule has 162 valence electrons. The van der Waals surface area contributed by atoms with Crippen molar-refractivity contribution in [3.05, 3.63) is 65.0 Å². The molecule has 0 unspecified atom stereocenters. The number of benzene rings is 1. The summed E-state index contributed by atoms with van der Waals surface area (Å²) < 4.78 is 55.1. The van der Waals surface area contributed by atoms with Crippen LogP contribution in [0.4, 0.5) is 29.2 Å². The predicted octanol–water partition coefficient (Wildman–Crippen LogP) is 4.27. The maximum atomic E-state index is 14.1. The van der Waals surface area contributed by atoms with E-state index < -0.39 is 29.9 Å². The van der Waals surface area contributed by atoms with Gasteiger partial charge in [-0.05, 0) is 26.0 Å². The molecule has 0 spiro atoms. The lowest BCUT2D eigenvalue weighted by atomic mass is 9.85. The number of nitrogen functional groups attached to an aromatic ring is 1. The minimum atomic E-state index is -2.66. The van der Waals surface area contributed by atoms with Crippen molar-refractivity contribution in [1.82, 2.24) is 19.7 Å². The van der Waals surface area contributed by atoms with Crippen LogP contribution in [0.2, 0.25) is 0 Å². The first kappa shape index (κ1) is 20.8. The highest BCUT2D eigenvalue weighted by molar-refractivity contribution is 5.73. The third-order valence-electron chi connectivity index (χ3n) is 5.39. The van der Waals surface area contributed by atoms with Gasteiger partial charge in [-0.3, -0.25) is 4.68 Å². The zero-order valence-corrected chi connectivity index (χ0v) is 16.9. The number of hydrogen-bond acceptors (Lipinski definition) is 5. The van der Waals surface area contributed by atoms with Crippen molar-refractivity contribution in [3.63, 3.8) is 0 Å². The molecular weight excluding hydrogens is 412 g/mol. The molecule has 31 heavy (non-hydrogen) atoms. The molecule has 2 aromatic heterocycles. The monoisotopic (exact) mass is 432 g/mol. The largest absolute Gasteiger partial charge is 0.383 e. The fraction of sp³-hybridized carbons (Fsp3) is 0.286. The smallest absolute Gasteiger partial charge is 0.244 e. The van der Waals surface area contributed by atoms with Gasteiger partial charge in [0.15, 0.2) is 17.5 Å². The number of nitrogens with two attached hydrogens (primary N) is 1. The maximum Gasteiger partial charge on any atom is 0.244 e. The SMILES string of the molecule is C=C1Nc2nc(-c3cc(CC(F)F)n(Cc4cccc(F)c4F)n3)nc(N)c2C1(C)C. The number of hydrogen-bond donors (Lipinski definition) is 2. The van der Waals surface area contributed by atoms with Crippen LogP contribution in [-0.4, -0.2) is 26.2 Å². The van der Waals surface area contributed by atoms with Gasteiger partial charge in [0.05, 0.1) is 13.0 Å². The van der Waals surface area contributed by atoms with Crippen LogP contribution >= 0.6 is 0 Å². The summed E-state index contributed by atoms with van der Waals surface area (Å²) in [6, 6.07) is 5.10. The Bertz CT molecular complexity index is 1180. The molecule has 1 aliphatic heterocycles. The fourth-order valence-electron chi connectivity index (χ4n) is 3.61. The summed E-state index contributed by atoms with van der Waals surface area (Å²) in [4.78, 5) is 8.75. The Morgan fingerprint density at radius 3 is 2.68 bits per heavy atom. The average Bonchev–Trinajstić information content (AvgIpc) is 3.16. The highest BCUT2D eigenvalue weighted by Crippen LogP contribution is 2.44. The number of allylic oxidation sites excluding steroid dienone is 1. The van der Waals surface area contributed by atoms with E-state index in [4.69, 9.17) is 5.73 Å². The van der Waals surface area contributed by atoms with Crippen LogP contribution in [0.3, 0.4) is 0 Å². The van der Waals surface area contributed by atoms with Gasteiger partial charge in [0.25, 0.3) is 0 Å². The first-order chi connectivity index (χ1) is 14.6. The van der Waals surface area contributed by atoms with Gasteiger partial charge in [-0.1, -0.05) is 18.7 Å². The van der Waals surface area contributed by atoms with Gasteiger partial charge in [-0.25, -0.2) is 27.5 Å². The molecule has 1 aliphatic rings. The molecule has 0 amide bonds. The van der Waals surface area contributed by atoms with Crippen molar-refractivity contribution in [3.8, 4) is 11.5 Å². The first-order valence-corrected chi connectivity index (χ1v) is 9.50. The van der Waals surface area contributed by atoms with Crippen molar-refractivity contribution in [2.24, 2.45) is 0 Å². The van der Waals surface area contributed by atoms with Crippen molar-refractivity contribution in [2.75, 3.05) is 11.1 Å². The second-order valence-electron chi connectivity index (χ2n) is 7.87. The summed E-state index contributed by atoms with van der Waals surface area (Å²) in [5.74, 6) is -1.26. The first-order valence-electron chi connectivity index (χ1n) is 9.50. The zero-order valence-electron chi connectivity index (χ0n) is 16.9. The van der Waals surface area contributed by atoms with Crippen LogP contribution < -0.4 is 11.1 Å². The third kappa shape index (κ3) is 3.62. The highest BCUT2D eigenvalue weighted by Gasteiger charge is 2.38. The Morgan fingerprint density at radius 2 is 1.97 bits per heavy atom. The number of fused-ring (bicyclic) bond motifs is 1. The number of nitrogens with zero attached hydrogens (tertiary/aromatic N) is 4. The standard InChI is InChI=1S/C21H20F4N6/c1-10-21(2,3)16-18(26)28-19(29-20(16)27-10)14-7-12(8-15(23)24)31(30-14)9-11-5-4-6-13(22)17(11)25/h4-7,15H,1,8-9H2,2-3H3,(H3,26,27,28,29). The van der Waals surface area contributed by atoms with E-state index in [2.05, 4.69) is 27.0 Å². The Kier molecular flexibility index (Phi) is 4.95. The number of alkyl halides is 2. The molecular formula is C21H20F4N6. The molecule has 10 heteroatoms. The van der Waals surface area contributed by atoms with Crippen molar-refractivity contribution < 1.29 is 17.6 Å². The molecule has 0 aliphatic carbocycles. The van der Waals surface area contributed by atoms with Crippen LogP contribution in [0.25, 0.3) is 11.5 Å². The van der Waals surface area contributed by atoms with Gasteiger partial charge in [-0.2, -0.15) is 5.10 Å². The molecule has 4 rings (SSSR count). The quantitative estimate of drug-likeness (QED) is 0.589. The average molecular weight is 432 g/mol. The Balaban J connectivity index is 1.77. The molecule has 0 fully saturated rings. The Hall–Kier alpha value is -3.43. The van der Waals surface area contributed by atoms with Gasteiger partial charge >= 0.3 is 0 Å². The van der Waals surface area contributed by atoms with E-state index in [1.807, 2.05) is 13.8 Å². The summed E-state index contributed by atoms with van der Waals surface area (Å²) >= 11 is 0. The normalized spacial score (nSPS) is 14.7. The lowest BCUT2D eigenvalue weighted by Gasteiger charge is -2.19. The number of rotatable bonds is 5. The van der Waals surface area contributed by atoms with Crippen molar-refractivity contribution in [1.29, 1.82) is 0 Å². The van der Waals surface area contributed by atoms with Gasteiger partial charge in [0, 0.05) is 27.9 Å². The second kappa shape index (κ2) is 7.36. The molecule has 6 nitrogen and oxygen atoms in total. The summed E-state index contributed by atoms with van der Waals surface area (Å²) in [5.41, 5.74) is 7.38. The van der Waals surface area contributed by atoms with Gasteiger partial charge in [-0.15, -0.1) is 0 Å². The van der Waals surface area contributed by atoms with Crippen LogP contribution in [0, 0.1) is 11.6 Å². The predicted molar refractivity (Wildman–Crippen MR) is 109 cm³/mol. The lowest BCUT2D eigenvalue weighted by Crippen LogP contribution is -2.18. The molecule has 0 saturated carbocycles. The number of anilines is 2. The van der Waals surface area contributed by atoms with Gasteiger partial charge < -0.3 is 11.1 Å². The third-order valence-corrected chi connectivity index (χ3v) is 5.39. The Labute approximate surface area is 175 Å². The summed E-state index contributed by atoms with van der Waals surface area (Å²) in [5, 5.41) is 7.36. The summed E-state index contributed by atoms with van der Waals surface area (Å²) in [6.45, 7) is 7.60. The number of nitrogens with one attached hydrogen (secondary N) is 1. The fourth-order valence-corrected chi connectivity index (χ4v) is 3.61. The molecule has 3 heterocycles. The summed E-state index contributed by atoms with van der Waals surface area (Å²) in [7, 11) is 0. The maximum absolute atomic E-state index is 14.1. The number of aromatic nitrogens is 4. The molecule has 0 saturated heterocycles.